The molecule has 0 aliphatic heterocycles. The largest absolute Gasteiger partial charge is 0.319 e. The Morgan fingerprint density at radius 2 is 2.00 bits per heavy atom. The molecule has 0 saturated carbocycles. The third-order valence-electron chi connectivity index (χ3n) is 2.04. The number of aromatic amines is 1. The van der Waals surface area contributed by atoms with Crippen molar-refractivity contribution in [1.29, 1.82) is 0 Å². The fourth-order valence-corrected chi connectivity index (χ4v) is 1.19. The van der Waals surface area contributed by atoms with Gasteiger partial charge in [0.05, 0.1) is 17.4 Å². The van der Waals surface area contributed by atoms with E-state index in [1.165, 1.54) is 12.4 Å². The molecule has 0 unspecified atom stereocenters. The smallest absolute Gasteiger partial charge is 0.258 e. The van der Waals surface area contributed by atoms with E-state index in [9.17, 15) is 18.0 Å². The lowest BCUT2D eigenvalue weighted by Crippen LogP contribution is -2.13. The fraction of sp³-hybridized carbons (Fsp3) is 0. The van der Waals surface area contributed by atoms with Crippen LogP contribution in [0.3, 0.4) is 0 Å². The summed E-state index contributed by atoms with van der Waals surface area (Å²) >= 11 is 0. The number of nitrogens with zero attached hydrogens (tertiary/aromatic N) is 1. The molecule has 0 saturated heterocycles. The first kappa shape index (κ1) is 11.2. The lowest BCUT2D eigenvalue weighted by atomic mass is 10.2. The van der Waals surface area contributed by atoms with Crippen LogP contribution in [0.1, 0.15) is 10.4 Å². The van der Waals surface area contributed by atoms with Crippen LogP contribution in [0.25, 0.3) is 0 Å². The molecule has 0 spiro atoms. The van der Waals surface area contributed by atoms with Crippen molar-refractivity contribution in [3.05, 3.63) is 47.5 Å². The number of rotatable bonds is 2. The highest BCUT2D eigenvalue weighted by Gasteiger charge is 2.16. The normalized spacial score (nSPS) is 10.3. The molecule has 1 heterocycles. The summed E-state index contributed by atoms with van der Waals surface area (Å²) in [5.41, 5.74) is -0.288. The summed E-state index contributed by atoms with van der Waals surface area (Å²) in [7, 11) is 0. The molecular weight excluding hydrogens is 235 g/mol. The molecule has 1 aromatic heterocycles. The number of nitrogens with one attached hydrogen (secondary N) is 2. The van der Waals surface area contributed by atoms with Crippen LogP contribution in [0.15, 0.2) is 24.5 Å². The second-order valence-corrected chi connectivity index (χ2v) is 3.16. The summed E-state index contributed by atoms with van der Waals surface area (Å²) < 4.78 is 38.7. The number of hydrogen-bond acceptors (Lipinski definition) is 2. The molecule has 1 amide bonds. The number of benzene rings is 1. The number of anilines is 1. The van der Waals surface area contributed by atoms with Crippen LogP contribution < -0.4 is 5.32 Å². The highest BCUT2D eigenvalue weighted by molar-refractivity contribution is 6.03. The van der Waals surface area contributed by atoms with Gasteiger partial charge in [-0.1, -0.05) is 0 Å². The molecule has 1 aromatic carbocycles. The maximum absolute atomic E-state index is 13.2. The third kappa shape index (κ3) is 2.12. The van der Waals surface area contributed by atoms with Crippen LogP contribution in [0.2, 0.25) is 0 Å². The van der Waals surface area contributed by atoms with Gasteiger partial charge in [-0.3, -0.25) is 9.89 Å². The van der Waals surface area contributed by atoms with Crippen LogP contribution in [-0.2, 0) is 0 Å². The summed E-state index contributed by atoms with van der Waals surface area (Å²) in [5.74, 6) is -5.07. The maximum Gasteiger partial charge on any atom is 0.258 e. The van der Waals surface area contributed by atoms with E-state index in [2.05, 4.69) is 15.5 Å². The molecule has 0 radical (unpaired) electrons. The molecule has 7 heteroatoms. The highest BCUT2D eigenvalue weighted by Crippen LogP contribution is 2.20. The molecule has 0 aliphatic rings. The second kappa shape index (κ2) is 4.28. The van der Waals surface area contributed by atoms with Crippen molar-refractivity contribution in [2.75, 3.05) is 5.32 Å². The number of amides is 1. The third-order valence-corrected chi connectivity index (χ3v) is 2.04. The Balaban J connectivity index is 2.25. The predicted molar refractivity (Wildman–Crippen MR) is 52.9 cm³/mol. The summed E-state index contributed by atoms with van der Waals surface area (Å²) in [6.07, 6.45) is 2.50. The molecule has 0 fully saturated rings. The van der Waals surface area contributed by atoms with E-state index in [0.29, 0.717) is 0 Å². The van der Waals surface area contributed by atoms with Gasteiger partial charge in [0.15, 0.2) is 17.5 Å². The van der Waals surface area contributed by atoms with Gasteiger partial charge in [-0.05, 0) is 12.1 Å². The first-order valence-corrected chi connectivity index (χ1v) is 4.53. The predicted octanol–water partition coefficient (Wildman–Crippen LogP) is 2.08. The van der Waals surface area contributed by atoms with Gasteiger partial charge < -0.3 is 5.32 Å². The standard InChI is InChI=1S/C10H6F3N3O/c11-6-1-2-7(9(13)8(6)12)16-10(17)5-3-14-15-4-5/h1-4H,(H,14,15)(H,16,17). The molecule has 2 N–H and O–H groups in total. The van der Waals surface area contributed by atoms with Crippen molar-refractivity contribution < 1.29 is 18.0 Å². The number of halogens is 3. The van der Waals surface area contributed by atoms with Crippen molar-refractivity contribution >= 4 is 11.6 Å². The van der Waals surface area contributed by atoms with Crippen molar-refractivity contribution in [3.63, 3.8) is 0 Å². The fourth-order valence-electron chi connectivity index (χ4n) is 1.19. The van der Waals surface area contributed by atoms with Crippen LogP contribution in [0, 0.1) is 17.5 Å². The maximum atomic E-state index is 13.2. The zero-order valence-electron chi connectivity index (χ0n) is 8.30. The summed E-state index contributed by atoms with van der Waals surface area (Å²) in [4.78, 5) is 11.5. The lowest BCUT2D eigenvalue weighted by molar-refractivity contribution is 0.102. The van der Waals surface area contributed by atoms with Crippen LogP contribution >= 0.6 is 0 Å². The van der Waals surface area contributed by atoms with E-state index in [-0.39, 0.29) is 5.56 Å². The quantitative estimate of drug-likeness (QED) is 0.791. The minimum Gasteiger partial charge on any atom is -0.319 e. The number of aromatic nitrogens is 2. The number of carbonyl (C=O) groups excluding carboxylic acids is 1. The first-order chi connectivity index (χ1) is 8.09. The van der Waals surface area contributed by atoms with Crippen molar-refractivity contribution in [2.24, 2.45) is 0 Å². The minimum atomic E-state index is -1.63. The number of H-pyrrole nitrogens is 1. The molecule has 2 aromatic rings. The van der Waals surface area contributed by atoms with Gasteiger partial charge in [0.25, 0.3) is 5.91 Å². The van der Waals surface area contributed by atoms with E-state index in [0.717, 1.165) is 12.1 Å². The second-order valence-electron chi connectivity index (χ2n) is 3.16. The molecule has 17 heavy (non-hydrogen) atoms. The Labute approximate surface area is 93.5 Å². The van der Waals surface area contributed by atoms with Crippen LogP contribution in [0.4, 0.5) is 18.9 Å². The topological polar surface area (TPSA) is 57.8 Å². The van der Waals surface area contributed by atoms with Gasteiger partial charge in [0, 0.05) is 6.20 Å². The van der Waals surface area contributed by atoms with E-state index in [4.69, 9.17) is 0 Å². The highest BCUT2D eigenvalue weighted by atomic mass is 19.2. The molecule has 0 bridgehead atoms. The Kier molecular flexibility index (Phi) is 2.82. The molecular formula is C10H6F3N3O. The molecule has 2 rings (SSSR count). The zero-order chi connectivity index (χ0) is 12.4. The van der Waals surface area contributed by atoms with Crippen LogP contribution in [0.5, 0.6) is 0 Å². The van der Waals surface area contributed by atoms with Crippen molar-refractivity contribution in [1.82, 2.24) is 10.2 Å². The van der Waals surface area contributed by atoms with Gasteiger partial charge in [0.1, 0.15) is 0 Å². The molecule has 4 nitrogen and oxygen atoms in total. The minimum absolute atomic E-state index is 0.147. The van der Waals surface area contributed by atoms with E-state index >= 15 is 0 Å². The summed E-state index contributed by atoms with van der Waals surface area (Å²) in [6.45, 7) is 0. The summed E-state index contributed by atoms with van der Waals surface area (Å²) in [5, 5.41) is 8.02. The van der Waals surface area contributed by atoms with Gasteiger partial charge in [0.2, 0.25) is 0 Å². The van der Waals surface area contributed by atoms with E-state index < -0.39 is 29.0 Å². The Bertz CT molecular complexity index is 554. The van der Waals surface area contributed by atoms with E-state index in [1.807, 2.05) is 0 Å². The average Bonchev–Trinajstić information content (AvgIpc) is 2.83. The van der Waals surface area contributed by atoms with E-state index in [1.54, 1.807) is 0 Å². The van der Waals surface area contributed by atoms with Crippen molar-refractivity contribution in [2.45, 2.75) is 0 Å². The Morgan fingerprint density at radius 3 is 2.65 bits per heavy atom. The van der Waals surface area contributed by atoms with Gasteiger partial charge in [-0.25, -0.2) is 13.2 Å². The molecule has 88 valence electrons. The van der Waals surface area contributed by atoms with Gasteiger partial charge in [-0.15, -0.1) is 0 Å². The van der Waals surface area contributed by atoms with Gasteiger partial charge >= 0.3 is 0 Å². The molecule has 0 atom stereocenters. The SMILES string of the molecule is O=C(Nc1ccc(F)c(F)c1F)c1cn[nH]c1. The van der Waals surface area contributed by atoms with Crippen molar-refractivity contribution in [3.8, 4) is 0 Å². The Morgan fingerprint density at radius 1 is 1.24 bits per heavy atom. The lowest BCUT2D eigenvalue weighted by Gasteiger charge is -2.05. The van der Waals surface area contributed by atoms with Gasteiger partial charge in [-0.2, -0.15) is 5.10 Å². The first-order valence-electron chi connectivity index (χ1n) is 4.53. The Hall–Kier alpha value is -2.31. The number of hydrogen-bond donors (Lipinski definition) is 2. The monoisotopic (exact) mass is 241 g/mol. The number of carbonyl (C=O) groups is 1. The van der Waals surface area contributed by atoms with Crippen LogP contribution in [-0.4, -0.2) is 16.1 Å². The average molecular weight is 241 g/mol. The zero-order valence-corrected chi connectivity index (χ0v) is 8.30. The molecule has 0 aliphatic carbocycles. The summed E-state index contributed by atoms with van der Waals surface area (Å²) in [6, 6.07) is 1.66.